The topological polar surface area (TPSA) is 0 Å². The minimum absolute atomic E-state index is 0.287. The van der Waals surface area contributed by atoms with E-state index < -0.39 is 11.6 Å². The van der Waals surface area contributed by atoms with Crippen LogP contribution in [0, 0.1) is 11.6 Å². The highest BCUT2D eigenvalue weighted by Crippen LogP contribution is 2.40. The molecular formula is C22H26F2. The third-order valence-corrected chi connectivity index (χ3v) is 5.35. The van der Waals surface area contributed by atoms with Gasteiger partial charge in [-0.25, -0.2) is 8.78 Å². The van der Waals surface area contributed by atoms with Gasteiger partial charge in [0.2, 0.25) is 0 Å². The van der Waals surface area contributed by atoms with E-state index in [0.717, 1.165) is 43.7 Å². The van der Waals surface area contributed by atoms with Crippen molar-refractivity contribution in [2.24, 2.45) is 0 Å². The van der Waals surface area contributed by atoms with Crippen LogP contribution < -0.4 is 0 Å². The molecule has 2 aromatic rings. The average Bonchev–Trinajstić information content (AvgIpc) is 2.60. The summed E-state index contributed by atoms with van der Waals surface area (Å²) < 4.78 is 26.8. The number of rotatable bonds is 5. The molecule has 3 rings (SSSR count). The van der Waals surface area contributed by atoms with Gasteiger partial charge in [0, 0.05) is 6.07 Å². The lowest BCUT2D eigenvalue weighted by Crippen LogP contribution is -2.12. The van der Waals surface area contributed by atoms with Gasteiger partial charge < -0.3 is 0 Å². The molecule has 0 spiro atoms. The molecule has 2 aromatic carbocycles. The van der Waals surface area contributed by atoms with Gasteiger partial charge in [0.05, 0.1) is 0 Å². The fourth-order valence-corrected chi connectivity index (χ4v) is 3.91. The Labute approximate surface area is 143 Å². The van der Waals surface area contributed by atoms with Crippen LogP contribution in [0.3, 0.4) is 0 Å². The number of benzene rings is 2. The second kappa shape index (κ2) is 7.92. The lowest BCUT2D eigenvalue weighted by molar-refractivity contribution is 0.394. The molecule has 0 aliphatic heterocycles. The molecule has 1 saturated carbocycles. The summed E-state index contributed by atoms with van der Waals surface area (Å²) in [5, 5.41) is 0. The number of hydrogen-bond donors (Lipinski definition) is 0. The summed E-state index contributed by atoms with van der Waals surface area (Å²) in [6.45, 7) is 2.22. The fourth-order valence-electron chi connectivity index (χ4n) is 3.91. The third-order valence-electron chi connectivity index (χ3n) is 5.35. The molecule has 0 nitrogen and oxygen atoms in total. The van der Waals surface area contributed by atoms with Crippen molar-refractivity contribution >= 4 is 0 Å². The summed E-state index contributed by atoms with van der Waals surface area (Å²) in [7, 11) is 0. The standard InChI is InChI=1S/C22H26F2/c1-2-3-4-16-5-7-17(8-6-16)18-9-11-19(12-10-18)20-13-21(23)15-22(24)14-20/h5-8,13-15,18-19H,2-4,9-12H2,1H3. The van der Waals surface area contributed by atoms with E-state index in [1.54, 1.807) is 0 Å². The van der Waals surface area contributed by atoms with Crippen molar-refractivity contribution in [3.8, 4) is 0 Å². The van der Waals surface area contributed by atoms with Gasteiger partial charge in [-0.15, -0.1) is 0 Å². The van der Waals surface area contributed by atoms with E-state index in [4.69, 9.17) is 0 Å². The SMILES string of the molecule is CCCCc1ccc(C2CCC(c3cc(F)cc(F)c3)CC2)cc1. The zero-order valence-corrected chi connectivity index (χ0v) is 14.4. The number of aryl methyl sites for hydroxylation is 1. The van der Waals surface area contributed by atoms with Gasteiger partial charge >= 0.3 is 0 Å². The van der Waals surface area contributed by atoms with Crippen molar-refractivity contribution in [3.63, 3.8) is 0 Å². The van der Waals surface area contributed by atoms with Crippen LogP contribution in [0.1, 0.15) is 74.0 Å². The van der Waals surface area contributed by atoms with Crippen LogP contribution in [0.2, 0.25) is 0 Å². The van der Waals surface area contributed by atoms with Crippen LogP contribution in [0.4, 0.5) is 8.78 Å². The number of hydrogen-bond acceptors (Lipinski definition) is 0. The summed E-state index contributed by atoms with van der Waals surface area (Å²) in [5.74, 6) is -0.0558. The summed E-state index contributed by atoms with van der Waals surface area (Å²) >= 11 is 0. The Hall–Kier alpha value is -1.70. The number of halogens is 2. The van der Waals surface area contributed by atoms with Gasteiger partial charge in [0.25, 0.3) is 0 Å². The van der Waals surface area contributed by atoms with E-state index in [1.165, 1.54) is 36.1 Å². The van der Waals surface area contributed by atoms with Gasteiger partial charge in [-0.1, -0.05) is 37.6 Å². The summed E-state index contributed by atoms with van der Waals surface area (Å²) in [6.07, 6.45) is 7.83. The van der Waals surface area contributed by atoms with Crippen LogP contribution >= 0.6 is 0 Å². The monoisotopic (exact) mass is 328 g/mol. The first kappa shape index (κ1) is 17.1. The highest BCUT2D eigenvalue weighted by atomic mass is 19.1. The van der Waals surface area contributed by atoms with Gasteiger partial charge in [-0.2, -0.15) is 0 Å². The molecule has 0 heterocycles. The van der Waals surface area contributed by atoms with Gasteiger partial charge in [0.1, 0.15) is 11.6 Å². The molecule has 0 amide bonds. The molecule has 0 radical (unpaired) electrons. The van der Waals surface area contributed by atoms with Crippen molar-refractivity contribution < 1.29 is 8.78 Å². The van der Waals surface area contributed by atoms with E-state index in [0.29, 0.717) is 5.92 Å². The molecule has 2 heteroatoms. The van der Waals surface area contributed by atoms with Crippen LogP contribution in [0.5, 0.6) is 0 Å². The Morgan fingerprint density at radius 1 is 0.792 bits per heavy atom. The van der Waals surface area contributed by atoms with E-state index >= 15 is 0 Å². The molecular weight excluding hydrogens is 302 g/mol. The van der Waals surface area contributed by atoms with Crippen LogP contribution in [0.15, 0.2) is 42.5 Å². The first-order valence-corrected chi connectivity index (χ1v) is 9.20. The lowest BCUT2D eigenvalue weighted by Gasteiger charge is -2.29. The smallest absolute Gasteiger partial charge is 0.126 e. The average molecular weight is 328 g/mol. The third kappa shape index (κ3) is 4.23. The molecule has 1 aliphatic carbocycles. The zero-order chi connectivity index (χ0) is 16.9. The maximum atomic E-state index is 13.4. The van der Waals surface area contributed by atoms with Crippen molar-refractivity contribution in [3.05, 3.63) is 70.8 Å². The van der Waals surface area contributed by atoms with Crippen molar-refractivity contribution in [1.29, 1.82) is 0 Å². The molecule has 24 heavy (non-hydrogen) atoms. The lowest BCUT2D eigenvalue weighted by atomic mass is 9.76. The van der Waals surface area contributed by atoms with Crippen LogP contribution in [-0.4, -0.2) is 0 Å². The van der Waals surface area contributed by atoms with E-state index in [1.807, 2.05) is 0 Å². The molecule has 1 aliphatic rings. The van der Waals surface area contributed by atoms with Crippen LogP contribution in [-0.2, 0) is 6.42 Å². The Bertz CT molecular complexity index is 632. The van der Waals surface area contributed by atoms with Crippen LogP contribution in [0.25, 0.3) is 0 Å². The van der Waals surface area contributed by atoms with E-state index in [-0.39, 0.29) is 5.92 Å². The normalized spacial score (nSPS) is 21.0. The molecule has 0 unspecified atom stereocenters. The van der Waals surface area contributed by atoms with Crippen molar-refractivity contribution in [2.45, 2.75) is 63.7 Å². The quantitative estimate of drug-likeness (QED) is 0.569. The predicted molar refractivity (Wildman–Crippen MR) is 95.4 cm³/mol. The van der Waals surface area contributed by atoms with Crippen molar-refractivity contribution in [2.75, 3.05) is 0 Å². The molecule has 0 atom stereocenters. The second-order valence-corrected chi connectivity index (χ2v) is 7.10. The Morgan fingerprint density at radius 3 is 1.88 bits per heavy atom. The van der Waals surface area contributed by atoms with E-state index in [2.05, 4.69) is 31.2 Å². The molecule has 0 aromatic heterocycles. The molecule has 1 fully saturated rings. The molecule has 0 N–H and O–H groups in total. The second-order valence-electron chi connectivity index (χ2n) is 7.10. The predicted octanol–water partition coefficient (Wildman–Crippen LogP) is 6.75. The highest BCUT2D eigenvalue weighted by Gasteiger charge is 2.24. The van der Waals surface area contributed by atoms with Crippen molar-refractivity contribution in [1.82, 2.24) is 0 Å². The summed E-state index contributed by atoms with van der Waals surface area (Å²) in [5.41, 5.74) is 3.66. The Kier molecular flexibility index (Phi) is 5.65. The minimum Gasteiger partial charge on any atom is -0.207 e. The first-order chi connectivity index (χ1) is 11.7. The minimum atomic E-state index is -0.463. The maximum Gasteiger partial charge on any atom is 0.126 e. The summed E-state index contributed by atoms with van der Waals surface area (Å²) in [4.78, 5) is 0. The largest absolute Gasteiger partial charge is 0.207 e. The molecule has 0 bridgehead atoms. The van der Waals surface area contributed by atoms with Gasteiger partial charge in [-0.3, -0.25) is 0 Å². The first-order valence-electron chi connectivity index (χ1n) is 9.20. The number of unbranched alkanes of at least 4 members (excludes halogenated alkanes) is 1. The molecule has 0 saturated heterocycles. The highest BCUT2D eigenvalue weighted by molar-refractivity contribution is 5.27. The van der Waals surface area contributed by atoms with Gasteiger partial charge in [-0.05, 0) is 79.2 Å². The Balaban J connectivity index is 1.60. The maximum absolute atomic E-state index is 13.4. The Morgan fingerprint density at radius 2 is 1.33 bits per heavy atom. The van der Waals surface area contributed by atoms with E-state index in [9.17, 15) is 8.78 Å². The zero-order valence-electron chi connectivity index (χ0n) is 14.4. The summed E-state index contributed by atoms with van der Waals surface area (Å²) in [6, 6.07) is 13.0. The fraction of sp³-hybridized carbons (Fsp3) is 0.455. The molecule has 128 valence electrons. The van der Waals surface area contributed by atoms with Gasteiger partial charge in [0.15, 0.2) is 0 Å².